The summed E-state index contributed by atoms with van der Waals surface area (Å²) in [5.74, 6) is 0.787. The van der Waals surface area contributed by atoms with Crippen molar-refractivity contribution >= 4 is 21.6 Å². The molecule has 7 nitrogen and oxygen atoms in total. The highest BCUT2D eigenvalue weighted by Gasteiger charge is 2.21. The number of aromatic nitrogens is 3. The quantitative estimate of drug-likeness (QED) is 0.579. The van der Waals surface area contributed by atoms with E-state index in [1.54, 1.807) is 12.4 Å². The molecule has 28 heavy (non-hydrogen) atoms. The molecule has 3 rings (SSSR count). The molecule has 3 aromatic rings. The molecule has 0 saturated heterocycles. The Bertz CT molecular complexity index is 1050. The first-order valence-electron chi connectivity index (χ1n) is 8.75. The van der Waals surface area contributed by atoms with Crippen LogP contribution in [0.3, 0.4) is 0 Å². The van der Waals surface area contributed by atoms with Crippen LogP contribution in [0.5, 0.6) is 0 Å². The number of benzene rings is 1. The van der Waals surface area contributed by atoms with Crippen molar-refractivity contribution in [3.8, 4) is 22.6 Å². The standard InChI is InChI=1S/C19H21ClN4O3S/c1-13(2)24(28(3,25)26)9-8-18-22-19(27-23-18)16-10-15(11-21-12-16)14-4-6-17(20)7-5-14/h4-7,10-13H,8-9H2,1-3H3. The summed E-state index contributed by atoms with van der Waals surface area (Å²) in [5, 5.41) is 4.63. The summed E-state index contributed by atoms with van der Waals surface area (Å²) in [6.45, 7) is 3.95. The fourth-order valence-electron chi connectivity index (χ4n) is 2.85. The van der Waals surface area contributed by atoms with Crippen molar-refractivity contribution in [2.75, 3.05) is 12.8 Å². The first-order valence-corrected chi connectivity index (χ1v) is 11.0. The molecule has 0 N–H and O–H groups in total. The van der Waals surface area contributed by atoms with Gasteiger partial charge in [0.15, 0.2) is 5.82 Å². The predicted molar refractivity (Wildman–Crippen MR) is 108 cm³/mol. The second kappa shape index (κ2) is 8.38. The van der Waals surface area contributed by atoms with Crippen molar-refractivity contribution in [3.63, 3.8) is 0 Å². The summed E-state index contributed by atoms with van der Waals surface area (Å²) < 4.78 is 30.5. The molecule has 2 aromatic heterocycles. The molecule has 0 amide bonds. The number of pyridine rings is 1. The zero-order valence-corrected chi connectivity index (χ0v) is 17.4. The van der Waals surface area contributed by atoms with Crippen LogP contribution in [0.2, 0.25) is 5.02 Å². The molecule has 0 aliphatic rings. The normalized spacial score (nSPS) is 12.1. The summed E-state index contributed by atoms with van der Waals surface area (Å²) in [6.07, 6.45) is 4.95. The van der Waals surface area contributed by atoms with Gasteiger partial charge in [-0.05, 0) is 37.6 Å². The fourth-order valence-corrected chi connectivity index (χ4v) is 4.16. The van der Waals surface area contributed by atoms with E-state index in [1.807, 2.05) is 44.2 Å². The topological polar surface area (TPSA) is 89.2 Å². The molecule has 148 valence electrons. The van der Waals surface area contributed by atoms with E-state index in [0.29, 0.717) is 35.3 Å². The van der Waals surface area contributed by atoms with Gasteiger partial charge in [-0.1, -0.05) is 28.9 Å². The number of hydrogen-bond donors (Lipinski definition) is 0. The van der Waals surface area contributed by atoms with E-state index in [4.69, 9.17) is 16.1 Å². The Morgan fingerprint density at radius 2 is 1.79 bits per heavy atom. The number of halogens is 1. The smallest absolute Gasteiger partial charge is 0.259 e. The van der Waals surface area contributed by atoms with Crippen LogP contribution >= 0.6 is 11.6 Å². The third-order valence-corrected chi connectivity index (χ3v) is 5.90. The Morgan fingerprint density at radius 1 is 1.11 bits per heavy atom. The minimum absolute atomic E-state index is 0.137. The lowest BCUT2D eigenvalue weighted by Crippen LogP contribution is -2.37. The van der Waals surface area contributed by atoms with E-state index in [2.05, 4.69) is 15.1 Å². The van der Waals surface area contributed by atoms with Crippen molar-refractivity contribution in [1.82, 2.24) is 19.4 Å². The van der Waals surface area contributed by atoms with Gasteiger partial charge in [-0.25, -0.2) is 8.42 Å². The third kappa shape index (κ3) is 4.95. The molecule has 0 spiro atoms. The van der Waals surface area contributed by atoms with Gasteiger partial charge < -0.3 is 4.52 Å². The van der Waals surface area contributed by atoms with Crippen LogP contribution < -0.4 is 0 Å². The lowest BCUT2D eigenvalue weighted by molar-refractivity contribution is 0.353. The van der Waals surface area contributed by atoms with Gasteiger partial charge in [-0.15, -0.1) is 0 Å². The Balaban J connectivity index is 1.77. The summed E-state index contributed by atoms with van der Waals surface area (Å²) >= 11 is 5.94. The minimum Gasteiger partial charge on any atom is -0.334 e. The third-order valence-electron chi connectivity index (χ3n) is 4.19. The lowest BCUT2D eigenvalue weighted by Gasteiger charge is -2.23. The van der Waals surface area contributed by atoms with Crippen molar-refractivity contribution in [3.05, 3.63) is 53.6 Å². The van der Waals surface area contributed by atoms with Gasteiger partial charge >= 0.3 is 0 Å². The molecule has 9 heteroatoms. The van der Waals surface area contributed by atoms with E-state index in [-0.39, 0.29) is 6.04 Å². The van der Waals surface area contributed by atoms with Crippen molar-refractivity contribution < 1.29 is 12.9 Å². The van der Waals surface area contributed by atoms with E-state index >= 15 is 0 Å². The second-order valence-corrected chi connectivity index (χ2v) is 9.07. The van der Waals surface area contributed by atoms with Gasteiger partial charge in [0, 0.05) is 42.0 Å². The van der Waals surface area contributed by atoms with Crippen LogP contribution in [0.4, 0.5) is 0 Å². The summed E-state index contributed by atoms with van der Waals surface area (Å²) in [4.78, 5) is 8.63. The van der Waals surface area contributed by atoms with Gasteiger partial charge in [0.05, 0.1) is 11.8 Å². The molecule has 0 atom stereocenters. The fraction of sp³-hybridized carbons (Fsp3) is 0.316. The highest BCUT2D eigenvalue weighted by atomic mass is 35.5. The SMILES string of the molecule is CC(C)N(CCc1noc(-c2cncc(-c3ccc(Cl)cc3)c2)n1)S(C)(=O)=O. The molecule has 0 unspecified atom stereocenters. The summed E-state index contributed by atoms with van der Waals surface area (Å²) in [7, 11) is -3.29. The van der Waals surface area contributed by atoms with Crippen LogP contribution in [0.15, 0.2) is 47.2 Å². The first-order chi connectivity index (χ1) is 13.2. The van der Waals surface area contributed by atoms with Gasteiger partial charge in [-0.3, -0.25) is 4.98 Å². The minimum atomic E-state index is -3.29. The molecule has 0 fully saturated rings. The molecule has 2 heterocycles. The van der Waals surface area contributed by atoms with Crippen molar-refractivity contribution in [2.24, 2.45) is 0 Å². The van der Waals surface area contributed by atoms with Crippen LogP contribution in [-0.2, 0) is 16.4 Å². The monoisotopic (exact) mass is 420 g/mol. The highest BCUT2D eigenvalue weighted by Crippen LogP contribution is 2.25. The maximum Gasteiger partial charge on any atom is 0.259 e. The Kier molecular flexibility index (Phi) is 6.12. The maximum atomic E-state index is 11.9. The van der Waals surface area contributed by atoms with Gasteiger partial charge in [0.25, 0.3) is 5.89 Å². The largest absolute Gasteiger partial charge is 0.334 e. The van der Waals surface area contributed by atoms with Crippen LogP contribution in [0, 0.1) is 0 Å². The van der Waals surface area contributed by atoms with Gasteiger partial charge in [-0.2, -0.15) is 9.29 Å². The van der Waals surface area contributed by atoms with Crippen molar-refractivity contribution in [1.29, 1.82) is 0 Å². The lowest BCUT2D eigenvalue weighted by atomic mass is 10.1. The zero-order chi connectivity index (χ0) is 20.3. The van der Waals surface area contributed by atoms with E-state index < -0.39 is 10.0 Å². The molecule has 0 saturated carbocycles. The van der Waals surface area contributed by atoms with Crippen molar-refractivity contribution in [2.45, 2.75) is 26.3 Å². The first kappa shape index (κ1) is 20.4. The molecular weight excluding hydrogens is 400 g/mol. The van der Waals surface area contributed by atoms with Crippen LogP contribution in [0.25, 0.3) is 22.6 Å². The molecule has 0 aliphatic heterocycles. The van der Waals surface area contributed by atoms with Gasteiger partial charge in [0.2, 0.25) is 10.0 Å². The average Bonchev–Trinajstić information content (AvgIpc) is 3.10. The molecule has 0 radical (unpaired) electrons. The van der Waals surface area contributed by atoms with E-state index in [1.165, 1.54) is 10.6 Å². The predicted octanol–water partition coefficient (Wildman–Crippen LogP) is 3.66. The zero-order valence-electron chi connectivity index (χ0n) is 15.8. The molecule has 0 aliphatic carbocycles. The Morgan fingerprint density at radius 3 is 2.43 bits per heavy atom. The number of hydrogen-bond acceptors (Lipinski definition) is 6. The number of nitrogens with zero attached hydrogens (tertiary/aromatic N) is 4. The van der Waals surface area contributed by atoms with Crippen LogP contribution in [-0.4, -0.2) is 46.7 Å². The number of rotatable bonds is 7. The molecule has 1 aromatic carbocycles. The number of sulfonamides is 1. The molecule has 0 bridgehead atoms. The maximum absolute atomic E-state index is 11.9. The van der Waals surface area contributed by atoms with Gasteiger partial charge in [0.1, 0.15) is 0 Å². The van der Waals surface area contributed by atoms with E-state index in [0.717, 1.165) is 11.1 Å². The summed E-state index contributed by atoms with van der Waals surface area (Å²) in [5.41, 5.74) is 2.56. The second-order valence-electron chi connectivity index (χ2n) is 6.70. The van der Waals surface area contributed by atoms with E-state index in [9.17, 15) is 8.42 Å². The highest BCUT2D eigenvalue weighted by molar-refractivity contribution is 7.88. The Labute approximate surface area is 169 Å². The summed E-state index contributed by atoms with van der Waals surface area (Å²) in [6, 6.07) is 9.22. The average molecular weight is 421 g/mol. The molecular formula is C19H21ClN4O3S. The Hall–Kier alpha value is -2.29. The van der Waals surface area contributed by atoms with Crippen LogP contribution in [0.1, 0.15) is 19.7 Å².